The van der Waals surface area contributed by atoms with Gasteiger partial charge in [0, 0.05) is 0 Å². The zero-order chi connectivity index (χ0) is 6.69. The van der Waals surface area contributed by atoms with Gasteiger partial charge < -0.3 is 0 Å². The summed E-state index contributed by atoms with van der Waals surface area (Å²) in [6.45, 7) is 4.18. The summed E-state index contributed by atoms with van der Waals surface area (Å²) in [5, 5.41) is 0. The fraction of sp³-hybridized carbons (Fsp3) is 0.556. The maximum atomic E-state index is 2.30. The van der Waals surface area contributed by atoms with Gasteiger partial charge in [0.05, 0.1) is 0 Å². The highest BCUT2D eigenvalue weighted by molar-refractivity contribution is 5.09. The molecule has 1 aliphatic rings. The van der Waals surface area contributed by atoms with Crippen LogP contribution in [0.5, 0.6) is 0 Å². The van der Waals surface area contributed by atoms with Crippen molar-refractivity contribution < 1.29 is 0 Å². The molecular weight excluding hydrogens is 108 g/mol. The van der Waals surface area contributed by atoms with Crippen LogP contribution in [0.25, 0.3) is 0 Å². The average Bonchev–Trinajstić information content (AvgIpc) is 2.50. The van der Waals surface area contributed by atoms with E-state index in [9.17, 15) is 0 Å². The zero-order valence-corrected chi connectivity index (χ0v) is 6.17. The standard InChI is InChI=1S/C9H14/c1-3-5-8-7-9(8)6-4-2/h3-6,8-9H,7H2,1-2H3. The first-order chi connectivity index (χ1) is 4.38. The minimum Gasteiger partial charge on any atom is -0.0914 e. The van der Waals surface area contributed by atoms with Gasteiger partial charge in [-0.1, -0.05) is 24.3 Å². The first kappa shape index (κ1) is 6.60. The van der Waals surface area contributed by atoms with Crippen molar-refractivity contribution in [3.05, 3.63) is 24.3 Å². The molecule has 9 heavy (non-hydrogen) atoms. The molecule has 1 rings (SSSR count). The molecule has 0 bridgehead atoms. The lowest BCUT2D eigenvalue weighted by Crippen LogP contribution is -1.69. The molecule has 0 aromatic rings. The van der Waals surface area contributed by atoms with Crippen LogP contribution in [0.4, 0.5) is 0 Å². The van der Waals surface area contributed by atoms with Crippen molar-refractivity contribution in [2.24, 2.45) is 11.8 Å². The third-order valence-corrected chi connectivity index (χ3v) is 1.77. The molecule has 0 nitrogen and oxygen atoms in total. The molecule has 0 N–H and O–H groups in total. The summed E-state index contributed by atoms with van der Waals surface area (Å²) in [6, 6.07) is 0. The molecule has 1 fully saturated rings. The minimum atomic E-state index is 0.867. The van der Waals surface area contributed by atoms with Crippen LogP contribution in [0.2, 0.25) is 0 Å². The molecular formula is C9H14. The SMILES string of the molecule is CC=CC1CC1C=CC. The molecule has 0 radical (unpaired) electrons. The largest absolute Gasteiger partial charge is 0.0914 e. The van der Waals surface area contributed by atoms with Gasteiger partial charge in [-0.25, -0.2) is 0 Å². The molecule has 1 saturated carbocycles. The van der Waals surface area contributed by atoms with Gasteiger partial charge in [0.15, 0.2) is 0 Å². The van der Waals surface area contributed by atoms with Crippen LogP contribution in [0.3, 0.4) is 0 Å². The lowest BCUT2D eigenvalue weighted by molar-refractivity contribution is 0.990. The molecule has 0 aliphatic heterocycles. The molecule has 0 saturated heterocycles. The van der Waals surface area contributed by atoms with Gasteiger partial charge in [0.25, 0.3) is 0 Å². The van der Waals surface area contributed by atoms with Gasteiger partial charge in [-0.3, -0.25) is 0 Å². The summed E-state index contributed by atoms with van der Waals surface area (Å²) in [7, 11) is 0. The van der Waals surface area contributed by atoms with Crippen LogP contribution in [0, 0.1) is 11.8 Å². The van der Waals surface area contributed by atoms with E-state index in [4.69, 9.17) is 0 Å². The monoisotopic (exact) mass is 122 g/mol. The first-order valence-corrected chi connectivity index (χ1v) is 3.64. The smallest absolute Gasteiger partial charge is 0.0165 e. The van der Waals surface area contributed by atoms with Gasteiger partial charge in [0.1, 0.15) is 0 Å². The molecule has 1 aliphatic carbocycles. The minimum absolute atomic E-state index is 0.867. The van der Waals surface area contributed by atoms with Gasteiger partial charge >= 0.3 is 0 Å². The lowest BCUT2D eigenvalue weighted by Gasteiger charge is -1.80. The van der Waals surface area contributed by atoms with Crippen LogP contribution in [0.1, 0.15) is 20.3 Å². The second kappa shape index (κ2) is 2.86. The fourth-order valence-corrected chi connectivity index (χ4v) is 1.17. The highest BCUT2D eigenvalue weighted by atomic mass is 14.4. The van der Waals surface area contributed by atoms with E-state index < -0.39 is 0 Å². The Morgan fingerprint density at radius 2 is 1.44 bits per heavy atom. The molecule has 0 heteroatoms. The van der Waals surface area contributed by atoms with E-state index in [1.165, 1.54) is 6.42 Å². The van der Waals surface area contributed by atoms with Gasteiger partial charge in [-0.05, 0) is 32.1 Å². The van der Waals surface area contributed by atoms with Crippen molar-refractivity contribution in [1.29, 1.82) is 0 Å². The molecule has 0 heterocycles. The Labute approximate surface area is 57.3 Å². The quantitative estimate of drug-likeness (QED) is 0.494. The fourth-order valence-electron chi connectivity index (χ4n) is 1.17. The Balaban J connectivity index is 2.24. The maximum absolute atomic E-state index is 2.30. The van der Waals surface area contributed by atoms with E-state index in [1.807, 2.05) is 0 Å². The number of allylic oxidation sites excluding steroid dienone is 4. The Morgan fingerprint density at radius 1 is 1.00 bits per heavy atom. The van der Waals surface area contributed by atoms with Gasteiger partial charge in [0.2, 0.25) is 0 Å². The van der Waals surface area contributed by atoms with E-state index in [0.29, 0.717) is 0 Å². The van der Waals surface area contributed by atoms with Crippen LogP contribution < -0.4 is 0 Å². The third-order valence-electron chi connectivity index (χ3n) is 1.77. The molecule has 2 atom stereocenters. The van der Waals surface area contributed by atoms with E-state index in [1.54, 1.807) is 0 Å². The summed E-state index contributed by atoms with van der Waals surface area (Å²) in [4.78, 5) is 0. The summed E-state index contributed by atoms with van der Waals surface area (Å²) in [5.74, 6) is 1.73. The Bertz CT molecular complexity index is 115. The summed E-state index contributed by atoms with van der Waals surface area (Å²) in [6.07, 6.45) is 10.3. The van der Waals surface area contributed by atoms with E-state index >= 15 is 0 Å². The Morgan fingerprint density at radius 3 is 1.78 bits per heavy atom. The second-order valence-electron chi connectivity index (χ2n) is 2.61. The van der Waals surface area contributed by atoms with Gasteiger partial charge in [-0.15, -0.1) is 0 Å². The predicted molar refractivity (Wildman–Crippen MR) is 41.2 cm³/mol. The van der Waals surface area contributed by atoms with E-state index in [-0.39, 0.29) is 0 Å². The van der Waals surface area contributed by atoms with Crippen LogP contribution >= 0.6 is 0 Å². The highest BCUT2D eigenvalue weighted by Crippen LogP contribution is 2.40. The van der Waals surface area contributed by atoms with Gasteiger partial charge in [-0.2, -0.15) is 0 Å². The normalized spacial score (nSPS) is 34.4. The van der Waals surface area contributed by atoms with E-state index in [2.05, 4.69) is 38.2 Å². The van der Waals surface area contributed by atoms with E-state index in [0.717, 1.165) is 11.8 Å². The maximum Gasteiger partial charge on any atom is -0.0165 e. The predicted octanol–water partition coefficient (Wildman–Crippen LogP) is 2.77. The summed E-state index contributed by atoms with van der Waals surface area (Å²) < 4.78 is 0. The number of hydrogen-bond donors (Lipinski definition) is 0. The number of rotatable bonds is 2. The average molecular weight is 122 g/mol. The van der Waals surface area contributed by atoms with Crippen LogP contribution in [0.15, 0.2) is 24.3 Å². The lowest BCUT2D eigenvalue weighted by atomic mass is 10.3. The third kappa shape index (κ3) is 1.70. The topological polar surface area (TPSA) is 0 Å². The Kier molecular flexibility index (Phi) is 2.10. The highest BCUT2D eigenvalue weighted by Gasteiger charge is 2.31. The zero-order valence-electron chi connectivity index (χ0n) is 6.17. The molecule has 0 spiro atoms. The van der Waals surface area contributed by atoms with Crippen molar-refractivity contribution in [2.75, 3.05) is 0 Å². The van der Waals surface area contributed by atoms with Crippen molar-refractivity contribution in [1.82, 2.24) is 0 Å². The van der Waals surface area contributed by atoms with Crippen LogP contribution in [-0.4, -0.2) is 0 Å². The first-order valence-electron chi connectivity index (χ1n) is 3.64. The summed E-state index contributed by atoms with van der Waals surface area (Å²) in [5.41, 5.74) is 0. The van der Waals surface area contributed by atoms with Crippen molar-refractivity contribution in [3.8, 4) is 0 Å². The van der Waals surface area contributed by atoms with Crippen molar-refractivity contribution >= 4 is 0 Å². The molecule has 0 aromatic heterocycles. The number of hydrogen-bond acceptors (Lipinski definition) is 0. The Hall–Kier alpha value is -0.520. The molecule has 2 unspecified atom stereocenters. The second-order valence-corrected chi connectivity index (χ2v) is 2.61. The summed E-state index contributed by atoms with van der Waals surface area (Å²) >= 11 is 0. The molecule has 0 aromatic carbocycles. The van der Waals surface area contributed by atoms with Crippen LogP contribution in [-0.2, 0) is 0 Å². The van der Waals surface area contributed by atoms with Crippen molar-refractivity contribution in [2.45, 2.75) is 20.3 Å². The molecule has 50 valence electrons. The van der Waals surface area contributed by atoms with Crippen molar-refractivity contribution in [3.63, 3.8) is 0 Å². The molecule has 0 amide bonds.